The van der Waals surface area contributed by atoms with Gasteiger partial charge in [-0.3, -0.25) is 14.5 Å². The average Bonchev–Trinajstić information content (AvgIpc) is 2.89. The van der Waals surface area contributed by atoms with Crippen molar-refractivity contribution >= 4 is 46.1 Å². The first kappa shape index (κ1) is 19.9. The van der Waals surface area contributed by atoms with Gasteiger partial charge in [-0.05, 0) is 50.1 Å². The molecule has 0 bridgehead atoms. The molecule has 29 heavy (non-hydrogen) atoms. The number of carbonyl (C=O) groups is 2. The summed E-state index contributed by atoms with van der Waals surface area (Å²) in [5.74, 6) is 0.233. The molecular weight excluding hydrogens is 406 g/mol. The van der Waals surface area contributed by atoms with Crippen LogP contribution in [-0.4, -0.2) is 38.5 Å². The highest BCUT2D eigenvalue weighted by atomic mass is 35.5. The van der Waals surface area contributed by atoms with Gasteiger partial charge >= 0.3 is 0 Å². The minimum atomic E-state index is -0.355. The van der Waals surface area contributed by atoms with Crippen LogP contribution >= 0.6 is 23.4 Å². The Morgan fingerprint density at radius 2 is 1.86 bits per heavy atom. The summed E-state index contributed by atoms with van der Waals surface area (Å²) in [6, 6.07) is 14.4. The molecule has 3 aromatic rings. The van der Waals surface area contributed by atoms with Crippen molar-refractivity contribution in [3.05, 3.63) is 64.9 Å². The monoisotopic (exact) mass is 425 g/mol. The van der Waals surface area contributed by atoms with E-state index in [-0.39, 0.29) is 17.1 Å². The number of hydrogen-bond donors (Lipinski definition) is 0. The maximum Gasteiger partial charge on any atom is 0.260 e. The van der Waals surface area contributed by atoms with E-state index in [1.165, 1.54) is 16.7 Å². The third-order valence-corrected chi connectivity index (χ3v) is 6.42. The lowest BCUT2D eigenvalue weighted by atomic mass is 10.2. The third-order valence-electron chi connectivity index (χ3n) is 4.91. The number of thioether (sulfide) groups is 1. The molecule has 0 saturated carbocycles. The number of fused-ring (bicyclic) bond motifs is 1. The van der Waals surface area contributed by atoms with Gasteiger partial charge in [0.15, 0.2) is 0 Å². The molecule has 1 aromatic heterocycles. The molecule has 1 aliphatic rings. The summed E-state index contributed by atoms with van der Waals surface area (Å²) in [4.78, 5) is 36.7. The second-order valence-electron chi connectivity index (χ2n) is 7.00. The lowest BCUT2D eigenvalue weighted by molar-refractivity contribution is -0.127. The molecule has 1 atom stereocenters. The summed E-state index contributed by atoms with van der Waals surface area (Å²) in [7, 11) is 0. The van der Waals surface area contributed by atoms with Crippen molar-refractivity contribution in [1.29, 1.82) is 0 Å². The van der Waals surface area contributed by atoms with Gasteiger partial charge in [-0.15, -0.1) is 0 Å². The molecule has 1 fully saturated rings. The van der Waals surface area contributed by atoms with Crippen LogP contribution in [0.3, 0.4) is 0 Å². The first-order chi connectivity index (χ1) is 14.0. The highest BCUT2D eigenvalue weighted by Gasteiger charge is 2.33. The molecule has 0 radical (unpaired) electrons. The second-order valence-corrected chi connectivity index (χ2v) is 8.63. The Kier molecular flexibility index (Phi) is 5.83. The van der Waals surface area contributed by atoms with Crippen LogP contribution in [0.15, 0.2) is 53.6 Å². The van der Waals surface area contributed by atoms with Crippen LogP contribution in [-0.2, 0) is 4.79 Å². The highest BCUT2D eigenvalue weighted by Crippen LogP contribution is 2.33. The van der Waals surface area contributed by atoms with Crippen LogP contribution in [0.5, 0.6) is 0 Å². The third kappa shape index (κ3) is 4.28. The largest absolute Gasteiger partial charge is 0.278 e. The van der Waals surface area contributed by atoms with Crippen molar-refractivity contribution in [2.24, 2.45) is 0 Å². The van der Waals surface area contributed by atoms with E-state index in [4.69, 9.17) is 11.6 Å². The van der Waals surface area contributed by atoms with E-state index in [2.05, 4.69) is 9.97 Å². The van der Waals surface area contributed by atoms with E-state index in [9.17, 15) is 9.59 Å². The quantitative estimate of drug-likeness (QED) is 0.441. The van der Waals surface area contributed by atoms with Gasteiger partial charge in [-0.2, -0.15) is 0 Å². The van der Waals surface area contributed by atoms with E-state index in [0.29, 0.717) is 29.4 Å². The van der Waals surface area contributed by atoms with Gasteiger partial charge in [0.25, 0.3) is 5.91 Å². The average molecular weight is 426 g/mol. The molecular formula is C22H20ClN3O2S. The lowest BCUT2D eigenvalue weighted by Crippen LogP contribution is -2.41. The van der Waals surface area contributed by atoms with Crippen LogP contribution in [0.1, 0.15) is 35.4 Å². The molecule has 1 unspecified atom stereocenters. The molecule has 0 N–H and O–H groups in total. The standard InChI is InChI=1S/C22H20ClN3O2S/c1-14-24-18-7-3-2-6-17(18)20(25-14)29-19-8-4-5-13-26(22(19)28)21(27)15-9-11-16(23)12-10-15/h2-3,6-7,9-12,19H,4-5,8,13H2,1H3. The summed E-state index contributed by atoms with van der Waals surface area (Å²) >= 11 is 7.36. The predicted octanol–water partition coefficient (Wildman–Crippen LogP) is 4.91. The zero-order chi connectivity index (χ0) is 20.4. The number of aryl methyl sites for hydroxylation is 1. The number of nitrogens with zero attached hydrogens (tertiary/aromatic N) is 3. The molecule has 2 heterocycles. The molecule has 1 aliphatic heterocycles. The lowest BCUT2D eigenvalue weighted by Gasteiger charge is -2.22. The summed E-state index contributed by atoms with van der Waals surface area (Å²) < 4.78 is 0. The predicted molar refractivity (Wildman–Crippen MR) is 115 cm³/mol. The normalized spacial score (nSPS) is 17.4. The first-order valence-corrected chi connectivity index (χ1v) is 10.8. The molecule has 7 heteroatoms. The van der Waals surface area contributed by atoms with Gasteiger partial charge in [0, 0.05) is 22.5 Å². The van der Waals surface area contributed by atoms with Crippen molar-refractivity contribution in [1.82, 2.24) is 14.9 Å². The molecule has 2 aromatic carbocycles. The fraction of sp³-hybridized carbons (Fsp3) is 0.273. The summed E-state index contributed by atoms with van der Waals surface area (Å²) in [6.07, 6.45) is 2.40. The van der Waals surface area contributed by atoms with Crippen LogP contribution in [0.2, 0.25) is 5.02 Å². The van der Waals surface area contributed by atoms with Crippen molar-refractivity contribution in [3.8, 4) is 0 Å². The number of hydrogen-bond acceptors (Lipinski definition) is 5. The number of para-hydroxylation sites is 1. The SMILES string of the molecule is Cc1nc(SC2CCCCN(C(=O)c3ccc(Cl)cc3)C2=O)c2ccccc2n1. The Hall–Kier alpha value is -2.44. The van der Waals surface area contributed by atoms with Gasteiger partial charge in [0.1, 0.15) is 10.9 Å². The van der Waals surface area contributed by atoms with Crippen LogP contribution in [0.25, 0.3) is 10.9 Å². The highest BCUT2D eigenvalue weighted by molar-refractivity contribution is 8.00. The zero-order valence-corrected chi connectivity index (χ0v) is 17.5. The number of benzene rings is 2. The van der Waals surface area contributed by atoms with Gasteiger partial charge < -0.3 is 0 Å². The zero-order valence-electron chi connectivity index (χ0n) is 16.0. The van der Waals surface area contributed by atoms with Crippen molar-refractivity contribution in [2.45, 2.75) is 36.5 Å². The summed E-state index contributed by atoms with van der Waals surface area (Å²) in [5.41, 5.74) is 1.33. The fourth-order valence-corrected chi connectivity index (χ4v) is 4.84. The molecule has 1 saturated heterocycles. The van der Waals surface area contributed by atoms with Crippen molar-refractivity contribution in [2.75, 3.05) is 6.54 Å². The molecule has 5 nitrogen and oxygen atoms in total. The van der Waals surface area contributed by atoms with Crippen LogP contribution in [0.4, 0.5) is 0 Å². The van der Waals surface area contributed by atoms with Gasteiger partial charge in [-0.1, -0.05) is 48.0 Å². The molecule has 0 spiro atoms. The van der Waals surface area contributed by atoms with Crippen molar-refractivity contribution < 1.29 is 9.59 Å². The molecule has 0 aliphatic carbocycles. The number of halogens is 1. The Bertz CT molecular complexity index is 1070. The summed E-state index contributed by atoms with van der Waals surface area (Å²) in [5, 5.41) is 1.91. The van der Waals surface area contributed by atoms with Crippen LogP contribution < -0.4 is 0 Å². The number of aromatic nitrogens is 2. The maximum atomic E-state index is 13.3. The van der Waals surface area contributed by atoms with Crippen molar-refractivity contribution in [3.63, 3.8) is 0 Å². The van der Waals surface area contributed by atoms with E-state index < -0.39 is 0 Å². The number of carbonyl (C=O) groups excluding carboxylic acids is 2. The second kappa shape index (κ2) is 8.51. The molecule has 148 valence electrons. The topological polar surface area (TPSA) is 63.2 Å². The number of amides is 2. The first-order valence-electron chi connectivity index (χ1n) is 9.54. The Morgan fingerprint density at radius 3 is 2.66 bits per heavy atom. The minimum Gasteiger partial charge on any atom is -0.278 e. The van der Waals surface area contributed by atoms with Gasteiger partial charge in [0.2, 0.25) is 5.91 Å². The van der Waals surface area contributed by atoms with Gasteiger partial charge in [0.05, 0.1) is 10.8 Å². The van der Waals surface area contributed by atoms with E-state index in [1.807, 2.05) is 31.2 Å². The fourth-order valence-electron chi connectivity index (χ4n) is 3.45. The molecule has 2 amide bonds. The smallest absolute Gasteiger partial charge is 0.260 e. The maximum absolute atomic E-state index is 13.3. The summed E-state index contributed by atoms with van der Waals surface area (Å²) in [6.45, 7) is 2.28. The molecule has 4 rings (SSSR count). The van der Waals surface area contributed by atoms with E-state index in [1.54, 1.807) is 24.3 Å². The Balaban J connectivity index is 1.62. The van der Waals surface area contributed by atoms with E-state index >= 15 is 0 Å². The van der Waals surface area contributed by atoms with E-state index in [0.717, 1.165) is 28.8 Å². The minimum absolute atomic E-state index is 0.159. The van der Waals surface area contributed by atoms with Gasteiger partial charge in [-0.25, -0.2) is 9.97 Å². The Morgan fingerprint density at radius 1 is 1.10 bits per heavy atom. The van der Waals surface area contributed by atoms with Crippen LogP contribution in [0, 0.1) is 6.92 Å². The number of likely N-dealkylation sites (tertiary alicyclic amines) is 1. The Labute approximate surface area is 178 Å². The number of imide groups is 1. The number of rotatable bonds is 3.